The molecule has 0 aliphatic carbocycles. The molecule has 2 aromatic rings. The fourth-order valence-corrected chi connectivity index (χ4v) is 2.10. The average Bonchev–Trinajstić information content (AvgIpc) is 2.72. The molecule has 0 unspecified atom stereocenters. The number of benzene rings is 1. The van der Waals surface area contributed by atoms with Crippen LogP contribution >= 0.6 is 22.9 Å². The number of rotatable bonds is 3. The van der Waals surface area contributed by atoms with Gasteiger partial charge in [-0.2, -0.15) is 0 Å². The lowest BCUT2D eigenvalue weighted by Gasteiger charge is -2.06. The molecular formula is C12H9ClO3S. The fourth-order valence-electron chi connectivity index (χ4n) is 1.30. The molecule has 0 atom stereocenters. The molecule has 2 rings (SSSR count). The first-order chi connectivity index (χ1) is 8.06. The third kappa shape index (κ3) is 2.78. The topological polar surface area (TPSA) is 46.5 Å². The van der Waals surface area contributed by atoms with Crippen molar-refractivity contribution in [2.75, 3.05) is 0 Å². The number of aryl methyl sites for hydroxylation is 1. The summed E-state index contributed by atoms with van der Waals surface area (Å²) in [6.07, 6.45) is 0. The van der Waals surface area contributed by atoms with E-state index in [0.717, 1.165) is 16.9 Å². The Kier molecular flexibility index (Phi) is 3.36. The van der Waals surface area contributed by atoms with Gasteiger partial charge in [-0.15, -0.1) is 11.3 Å². The van der Waals surface area contributed by atoms with Gasteiger partial charge in [-0.25, -0.2) is 4.79 Å². The Morgan fingerprint density at radius 1 is 1.41 bits per heavy atom. The number of thiophene rings is 1. The Bertz CT molecular complexity index is 563. The van der Waals surface area contributed by atoms with Crippen molar-refractivity contribution in [1.82, 2.24) is 0 Å². The zero-order valence-corrected chi connectivity index (χ0v) is 10.5. The van der Waals surface area contributed by atoms with E-state index in [1.807, 2.05) is 13.0 Å². The molecule has 0 amide bonds. The molecule has 3 nitrogen and oxygen atoms in total. The zero-order chi connectivity index (χ0) is 12.4. The highest BCUT2D eigenvalue weighted by Gasteiger charge is 2.09. The molecule has 88 valence electrons. The van der Waals surface area contributed by atoms with E-state index in [-0.39, 0.29) is 4.88 Å². The third-order valence-electron chi connectivity index (χ3n) is 2.10. The summed E-state index contributed by atoms with van der Waals surface area (Å²) in [4.78, 5) is 11.0. The molecule has 5 heteroatoms. The summed E-state index contributed by atoms with van der Waals surface area (Å²) in [5.74, 6) is 0.0569. The summed E-state index contributed by atoms with van der Waals surface area (Å²) in [5.41, 5.74) is 1.03. The molecule has 0 fully saturated rings. The number of hydrogen-bond acceptors (Lipinski definition) is 3. The number of ether oxygens (including phenoxy) is 1. The summed E-state index contributed by atoms with van der Waals surface area (Å²) in [6, 6.07) is 6.91. The Hall–Kier alpha value is -1.52. The number of halogens is 1. The smallest absolute Gasteiger partial charge is 0.346 e. The minimum atomic E-state index is -0.958. The van der Waals surface area contributed by atoms with Gasteiger partial charge in [-0.05, 0) is 24.6 Å². The van der Waals surface area contributed by atoms with Crippen LogP contribution in [0, 0.1) is 6.92 Å². The first kappa shape index (κ1) is 12.0. The largest absolute Gasteiger partial charge is 0.477 e. The van der Waals surface area contributed by atoms with Crippen LogP contribution in [0.5, 0.6) is 11.5 Å². The lowest BCUT2D eigenvalue weighted by atomic mass is 10.2. The summed E-state index contributed by atoms with van der Waals surface area (Å²) in [5, 5.41) is 10.9. The second kappa shape index (κ2) is 4.77. The first-order valence-electron chi connectivity index (χ1n) is 4.82. The van der Waals surface area contributed by atoms with Crippen molar-refractivity contribution in [2.45, 2.75) is 6.92 Å². The highest BCUT2D eigenvalue weighted by atomic mass is 35.5. The summed E-state index contributed by atoms with van der Waals surface area (Å²) in [6.45, 7) is 1.93. The number of aromatic carboxylic acids is 1. The molecule has 0 aliphatic heterocycles. The Labute approximate surface area is 107 Å². The maximum Gasteiger partial charge on any atom is 0.346 e. The van der Waals surface area contributed by atoms with E-state index in [1.54, 1.807) is 17.5 Å². The van der Waals surface area contributed by atoms with Crippen LogP contribution in [-0.2, 0) is 0 Å². The van der Waals surface area contributed by atoms with Gasteiger partial charge < -0.3 is 9.84 Å². The molecule has 17 heavy (non-hydrogen) atoms. The molecule has 1 N–H and O–H groups in total. The number of carboxylic acid groups (broad SMARTS) is 1. The van der Waals surface area contributed by atoms with Crippen molar-refractivity contribution in [1.29, 1.82) is 0 Å². The predicted octanol–water partition coefficient (Wildman–Crippen LogP) is 4.20. The molecule has 0 spiro atoms. The van der Waals surface area contributed by atoms with Gasteiger partial charge in [-0.3, -0.25) is 0 Å². The normalized spacial score (nSPS) is 10.2. The van der Waals surface area contributed by atoms with Crippen molar-refractivity contribution >= 4 is 28.9 Å². The van der Waals surface area contributed by atoms with Gasteiger partial charge in [0, 0.05) is 11.4 Å². The van der Waals surface area contributed by atoms with Crippen LogP contribution in [0.15, 0.2) is 29.6 Å². The summed E-state index contributed by atoms with van der Waals surface area (Å²) >= 11 is 7.10. The highest BCUT2D eigenvalue weighted by molar-refractivity contribution is 7.12. The standard InChI is InChI=1S/C12H9ClO3S/c1-7-2-3-9(13)10(4-7)16-8-5-11(12(14)15)17-6-8/h2-6H,1H3,(H,14,15). The van der Waals surface area contributed by atoms with Crippen LogP contribution in [0.3, 0.4) is 0 Å². The zero-order valence-electron chi connectivity index (χ0n) is 8.94. The molecule has 0 bridgehead atoms. The van der Waals surface area contributed by atoms with Crippen LogP contribution in [-0.4, -0.2) is 11.1 Å². The SMILES string of the molecule is Cc1ccc(Cl)c(Oc2csc(C(=O)O)c2)c1. The van der Waals surface area contributed by atoms with E-state index in [9.17, 15) is 4.79 Å². The van der Waals surface area contributed by atoms with Crippen LogP contribution in [0.2, 0.25) is 5.02 Å². The second-order valence-electron chi connectivity index (χ2n) is 3.49. The van der Waals surface area contributed by atoms with Gasteiger partial charge in [0.1, 0.15) is 16.4 Å². The first-order valence-corrected chi connectivity index (χ1v) is 6.08. The summed E-state index contributed by atoms with van der Waals surface area (Å²) in [7, 11) is 0. The predicted molar refractivity (Wildman–Crippen MR) is 67.5 cm³/mol. The third-order valence-corrected chi connectivity index (χ3v) is 3.31. The fraction of sp³-hybridized carbons (Fsp3) is 0.0833. The van der Waals surface area contributed by atoms with Crippen LogP contribution < -0.4 is 4.74 Å². The van der Waals surface area contributed by atoms with Crippen LogP contribution in [0.1, 0.15) is 15.2 Å². The van der Waals surface area contributed by atoms with Crippen LogP contribution in [0.4, 0.5) is 0 Å². The Balaban J connectivity index is 2.25. The van der Waals surface area contributed by atoms with E-state index in [0.29, 0.717) is 16.5 Å². The lowest BCUT2D eigenvalue weighted by Crippen LogP contribution is -1.90. The van der Waals surface area contributed by atoms with E-state index < -0.39 is 5.97 Å². The monoisotopic (exact) mass is 268 g/mol. The van der Waals surface area contributed by atoms with E-state index in [4.69, 9.17) is 21.4 Å². The molecule has 0 radical (unpaired) electrons. The van der Waals surface area contributed by atoms with Crippen molar-refractivity contribution in [3.63, 3.8) is 0 Å². The van der Waals surface area contributed by atoms with Crippen LogP contribution in [0.25, 0.3) is 0 Å². The molecule has 0 saturated heterocycles. The van der Waals surface area contributed by atoms with E-state index >= 15 is 0 Å². The molecule has 1 aromatic heterocycles. The molecule has 1 aromatic carbocycles. The average molecular weight is 269 g/mol. The van der Waals surface area contributed by atoms with Crippen molar-refractivity contribution in [3.05, 3.63) is 45.1 Å². The van der Waals surface area contributed by atoms with Gasteiger partial charge in [0.15, 0.2) is 0 Å². The second-order valence-corrected chi connectivity index (χ2v) is 4.81. The highest BCUT2D eigenvalue weighted by Crippen LogP contribution is 2.32. The number of carboxylic acids is 1. The Morgan fingerprint density at radius 2 is 2.18 bits per heavy atom. The number of hydrogen-bond donors (Lipinski definition) is 1. The van der Waals surface area contributed by atoms with E-state index in [1.165, 1.54) is 6.07 Å². The maximum atomic E-state index is 10.7. The molecule has 1 heterocycles. The van der Waals surface area contributed by atoms with Gasteiger partial charge in [-0.1, -0.05) is 17.7 Å². The maximum absolute atomic E-state index is 10.7. The van der Waals surface area contributed by atoms with E-state index in [2.05, 4.69) is 0 Å². The van der Waals surface area contributed by atoms with Gasteiger partial charge in [0.25, 0.3) is 0 Å². The minimum Gasteiger partial charge on any atom is -0.477 e. The van der Waals surface area contributed by atoms with Gasteiger partial charge >= 0.3 is 5.97 Å². The molecule has 0 saturated carbocycles. The van der Waals surface area contributed by atoms with Gasteiger partial charge in [0.2, 0.25) is 0 Å². The lowest BCUT2D eigenvalue weighted by molar-refractivity contribution is 0.0702. The molecular weight excluding hydrogens is 260 g/mol. The summed E-state index contributed by atoms with van der Waals surface area (Å²) < 4.78 is 5.54. The van der Waals surface area contributed by atoms with Crippen molar-refractivity contribution in [2.24, 2.45) is 0 Å². The minimum absolute atomic E-state index is 0.240. The number of carbonyl (C=O) groups is 1. The quantitative estimate of drug-likeness (QED) is 0.907. The van der Waals surface area contributed by atoms with Crippen molar-refractivity contribution in [3.8, 4) is 11.5 Å². The Morgan fingerprint density at radius 3 is 2.82 bits per heavy atom. The van der Waals surface area contributed by atoms with Crippen molar-refractivity contribution < 1.29 is 14.6 Å². The van der Waals surface area contributed by atoms with Gasteiger partial charge in [0.05, 0.1) is 5.02 Å². The molecule has 0 aliphatic rings.